The average Bonchev–Trinajstić information content (AvgIpc) is 2.60. The van der Waals surface area contributed by atoms with Crippen molar-refractivity contribution in [1.82, 2.24) is 10.6 Å². The first-order chi connectivity index (χ1) is 11.7. The lowest BCUT2D eigenvalue weighted by atomic mass is 10.1. The number of nitrogens with zero attached hydrogens (tertiary/aromatic N) is 1. The van der Waals surface area contributed by atoms with Crippen LogP contribution in [-0.2, 0) is 16.0 Å². The van der Waals surface area contributed by atoms with Gasteiger partial charge < -0.3 is 15.4 Å². The van der Waals surface area contributed by atoms with E-state index >= 15 is 0 Å². The Morgan fingerprint density at radius 2 is 1.72 bits per heavy atom. The number of hydrogen-bond donors (Lipinski definition) is 2. The second kappa shape index (κ2) is 14.9. The molecule has 0 unspecified atom stereocenters. The number of methoxy groups -OCH3 is 1. The largest absolute Gasteiger partial charge is 0.469 e. The Bertz CT molecular complexity index is 510. The van der Waals surface area contributed by atoms with E-state index in [4.69, 9.17) is 0 Å². The van der Waals surface area contributed by atoms with Gasteiger partial charge in [0.15, 0.2) is 5.96 Å². The molecule has 0 atom stereocenters. The van der Waals surface area contributed by atoms with Crippen molar-refractivity contribution in [3.8, 4) is 0 Å². The van der Waals surface area contributed by atoms with Crippen LogP contribution in [0.3, 0.4) is 0 Å². The van der Waals surface area contributed by atoms with Crippen LogP contribution in [0.25, 0.3) is 0 Å². The number of carbonyl (C=O) groups excluding carboxylic acids is 1. The Hall–Kier alpha value is -1.38. The molecule has 0 heterocycles. The molecular weight excluding hydrogens is 436 g/mol. The molecule has 0 bridgehead atoms. The molecular formula is C18H29FIN3O2. The highest BCUT2D eigenvalue weighted by molar-refractivity contribution is 14.0. The molecule has 0 saturated heterocycles. The van der Waals surface area contributed by atoms with Gasteiger partial charge in [0.05, 0.1) is 7.11 Å². The number of carbonyl (C=O) groups is 1. The molecule has 0 aromatic heterocycles. The van der Waals surface area contributed by atoms with E-state index in [2.05, 4.69) is 20.4 Å². The Labute approximate surface area is 166 Å². The Morgan fingerprint density at radius 3 is 2.36 bits per heavy atom. The summed E-state index contributed by atoms with van der Waals surface area (Å²) in [5.41, 5.74) is 1.09. The van der Waals surface area contributed by atoms with Crippen molar-refractivity contribution in [2.75, 3.05) is 27.2 Å². The number of benzene rings is 1. The van der Waals surface area contributed by atoms with Crippen molar-refractivity contribution in [1.29, 1.82) is 0 Å². The van der Waals surface area contributed by atoms with Crippen molar-refractivity contribution < 1.29 is 13.9 Å². The van der Waals surface area contributed by atoms with Gasteiger partial charge in [-0.1, -0.05) is 25.0 Å². The fraction of sp³-hybridized carbons (Fsp3) is 0.556. The molecule has 5 nitrogen and oxygen atoms in total. The maximum absolute atomic E-state index is 12.8. The molecule has 1 aromatic carbocycles. The minimum atomic E-state index is -0.212. The highest BCUT2D eigenvalue weighted by Gasteiger charge is 2.00. The third-order valence-electron chi connectivity index (χ3n) is 3.67. The molecule has 0 aliphatic rings. The molecule has 0 fully saturated rings. The number of nitrogens with one attached hydrogen (secondary N) is 2. The minimum absolute atomic E-state index is 0. The third-order valence-corrected chi connectivity index (χ3v) is 3.67. The molecule has 0 saturated carbocycles. The number of guanidine groups is 1. The Balaban J connectivity index is 0.00000576. The molecule has 0 amide bonds. The zero-order chi connectivity index (χ0) is 17.6. The first kappa shape index (κ1) is 23.6. The molecule has 0 spiro atoms. The summed E-state index contributed by atoms with van der Waals surface area (Å²) in [7, 11) is 3.16. The normalized spacial score (nSPS) is 10.8. The van der Waals surface area contributed by atoms with E-state index in [1.54, 1.807) is 19.2 Å². The first-order valence-corrected chi connectivity index (χ1v) is 8.41. The molecule has 7 heteroatoms. The van der Waals surface area contributed by atoms with Gasteiger partial charge in [-0.05, 0) is 37.0 Å². The smallest absolute Gasteiger partial charge is 0.305 e. The summed E-state index contributed by atoms with van der Waals surface area (Å²) in [6.07, 6.45) is 5.30. The lowest BCUT2D eigenvalue weighted by Crippen LogP contribution is -2.38. The van der Waals surface area contributed by atoms with E-state index in [1.165, 1.54) is 19.2 Å². The van der Waals surface area contributed by atoms with Gasteiger partial charge in [0.2, 0.25) is 0 Å². The molecule has 142 valence electrons. The van der Waals surface area contributed by atoms with Gasteiger partial charge in [-0.15, -0.1) is 24.0 Å². The zero-order valence-corrected chi connectivity index (χ0v) is 17.3. The SMILES string of the molecule is CN=C(NCCCCCCC(=O)OC)NCCc1ccc(F)cc1.I. The predicted octanol–water partition coefficient (Wildman–Crippen LogP) is 3.27. The summed E-state index contributed by atoms with van der Waals surface area (Å²) in [5, 5.41) is 6.50. The van der Waals surface area contributed by atoms with Crippen LogP contribution in [0.4, 0.5) is 4.39 Å². The predicted molar refractivity (Wildman–Crippen MR) is 110 cm³/mol. The molecule has 0 aliphatic carbocycles. The van der Waals surface area contributed by atoms with Crippen LogP contribution in [0.2, 0.25) is 0 Å². The molecule has 0 aliphatic heterocycles. The highest BCUT2D eigenvalue weighted by Crippen LogP contribution is 2.04. The number of esters is 1. The van der Waals surface area contributed by atoms with E-state index in [0.29, 0.717) is 6.42 Å². The second-order valence-corrected chi connectivity index (χ2v) is 5.54. The van der Waals surface area contributed by atoms with Gasteiger partial charge in [0.25, 0.3) is 0 Å². The number of aliphatic imine (C=N–C) groups is 1. The van der Waals surface area contributed by atoms with Gasteiger partial charge in [0.1, 0.15) is 5.82 Å². The number of ether oxygens (including phenoxy) is 1. The van der Waals surface area contributed by atoms with E-state index in [1.807, 2.05) is 0 Å². The van der Waals surface area contributed by atoms with E-state index in [0.717, 1.165) is 56.7 Å². The van der Waals surface area contributed by atoms with Crippen molar-refractivity contribution in [2.45, 2.75) is 38.5 Å². The summed E-state index contributed by atoms with van der Waals surface area (Å²) >= 11 is 0. The second-order valence-electron chi connectivity index (χ2n) is 5.54. The van der Waals surface area contributed by atoms with E-state index < -0.39 is 0 Å². The van der Waals surface area contributed by atoms with Crippen molar-refractivity contribution in [3.05, 3.63) is 35.6 Å². The van der Waals surface area contributed by atoms with Gasteiger partial charge >= 0.3 is 5.97 Å². The van der Waals surface area contributed by atoms with Crippen LogP contribution < -0.4 is 10.6 Å². The third kappa shape index (κ3) is 11.7. The van der Waals surface area contributed by atoms with Crippen molar-refractivity contribution in [2.24, 2.45) is 4.99 Å². The van der Waals surface area contributed by atoms with Crippen LogP contribution in [-0.4, -0.2) is 39.2 Å². The molecule has 25 heavy (non-hydrogen) atoms. The summed E-state index contributed by atoms with van der Waals surface area (Å²) in [6, 6.07) is 6.54. The monoisotopic (exact) mass is 465 g/mol. The van der Waals surface area contributed by atoms with Crippen molar-refractivity contribution >= 4 is 35.9 Å². The molecule has 1 rings (SSSR count). The topological polar surface area (TPSA) is 62.7 Å². The maximum atomic E-state index is 12.8. The Morgan fingerprint density at radius 1 is 1.08 bits per heavy atom. The van der Waals surface area contributed by atoms with E-state index in [9.17, 15) is 9.18 Å². The van der Waals surface area contributed by atoms with Crippen molar-refractivity contribution in [3.63, 3.8) is 0 Å². The lowest BCUT2D eigenvalue weighted by Gasteiger charge is -2.11. The van der Waals surface area contributed by atoms with Crippen LogP contribution in [0.1, 0.15) is 37.7 Å². The summed E-state index contributed by atoms with van der Waals surface area (Å²) in [4.78, 5) is 15.1. The van der Waals surface area contributed by atoms with Gasteiger partial charge in [0, 0.05) is 26.6 Å². The summed E-state index contributed by atoms with van der Waals surface area (Å²) < 4.78 is 17.4. The Kier molecular flexibility index (Phi) is 14.1. The van der Waals surface area contributed by atoms with Crippen LogP contribution >= 0.6 is 24.0 Å². The molecule has 2 N–H and O–H groups in total. The number of hydrogen-bond acceptors (Lipinski definition) is 3. The van der Waals surface area contributed by atoms with Gasteiger partial charge in [-0.25, -0.2) is 4.39 Å². The summed E-state index contributed by atoms with van der Waals surface area (Å²) in [6.45, 7) is 1.58. The van der Waals surface area contributed by atoms with Crippen LogP contribution in [0.15, 0.2) is 29.3 Å². The van der Waals surface area contributed by atoms with Crippen LogP contribution in [0, 0.1) is 5.82 Å². The van der Waals surface area contributed by atoms with Gasteiger partial charge in [-0.2, -0.15) is 0 Å². The maximum Gasteiger partial charge on any atom is 0.305 e. The van der Waals surface area contributed by atoms with E-state index in [-0.39, 0.29) is 35.8 Å². The molecule has 1 aromatic rings. The summed E-state index contributed by atoms with van der Waals surface area (Å²) in [5.74, 6) is 0.418. The number of unbranched alkanes of at least 4 members (excludes halogenated alkanes) is 3. The fourth-order valence-corrected chi connectivity index (χ4v) is 2.25. The number of halogens is 2. The zero-order valence-electron chi connectivity index (χ0n) is 15.0. The van der Waals surface area contributed by atoms with Gasteiger partial charge in [-0.3, -0.25) is 9.79 Å². The number of rotatable bonds is 10. The quantitative estimate of drug-likeness (QED) is 0.183. The lowest BCUT2D eigenvalue weighted by molar-refractivity contribution is -0.140. The standard InChI is InChI=1S/C18H28FN3O2.HI/c1-20-18(21-13-6-4-3-5-7-17(23)24-2)22-14-12-15-8-10-16(19)11-9-15;/h8-11H,3-7,12-14H2,1-2H3,(H2,20,21,22);1H. The average molecular weight is 465 g/mol. The minimum Gasteiger partial charge on any atom is -0.469 e. The first-order valence-electron chi connectivity index (χ1n) is 8.41. The van der Waals surface area contributed by atoms with Crippen LogP contribution in [0.5, 0.6) is 0 Å². The molecule has 0 radical (unpaired) electrons. The fourth-order valence-electron chi connectivity index (χ4n) is 2.25. The highest BCUT2D eigenvalue weighted by atomic mass is 127.